The molecule has 0 heterocycles. The molecular weight excluding hydrogens is 338 g/mol. The van der Waals surface area contributed by atoms with Crippen LogP contribution in [-0.2, 0) is 17.6 Å². The van der Waals surface area contributed by atoms with Crippen molar-refractivity contribution in [3.63, 3.8) is 0 Å². The quantitative estimate of drug-likeness (QED) is 0.654. The summed E-state index contributed by atoms with van der Waals surface area (Å²) in [6.45, 7) is 0.601. The number of carbonyl (C=O) groups excluding carboxylic acids is 1. The molecule has 3 aromatic rings. The minimum Gasteiger partial charge on any atom is -0.493 e. The standard InChI is InChI=1S/C23H25NO3/c1-26-21-12-10-17(16-22(21)27-2)14-15-24-23(25)13-11-19-8-5-7-18-6-3-4-9-20(18)19/h3-10,12,16H,11,13-15H2,1-2H3,(H,24,25). The van der Waals surface area contributed by atoms with E-state index in [9.17, 15) is 4.79 Å². The summed E-state index contributed by atoms with van der Waals surface area (Å²) in [5.41, 5.74) is 2.31. The zero-order valence-electron chi connectivity index (χ0n) is 15.8. The first-order valence-corrected chi connectivity index (χ1v) is 9.15. The molecule has 4 nitrogen and oxygen atoms in total. The predicted molar refractivity (Wildman–Crippen MR) is 109 cm³/mol. The maximum atomic E-state index is 12.2. The summed E-state index contributed by atoms with van der Waals surface area (Å²) < 4.78 is 10.6. The van der Waals surface area contributed by atoms with E-state index in [1.807, 2.05) is 36.4 Å². The Balaban J connectivity index is 1.50. The molecule has 0 saturated carbocycles. The Morgan fingerprint density at radius 1 is 0.889 bits per heavy atom. The predicted octanol–water partition coefficient (Wildman–Crippen LogP) is 4.15. The van der Waals surface area contributed by atoms with Crippen LogP contribution in [0.25, 0.3) is 10.8 Å². The zero-order valence-corrected chi connectivity index (χ0v) is 15.8. The highest BCUT2D eigenvalue weighted by molar-refractivity contribution is 5.86. The third-order valence-corrected chi connectivity index (χ3v) is 4.69. The SMILES string of the molecule is COc1ccc(CCNC(=O)CCc2cccc3ccccc23)cc1OC. The molecule has 0 aliphatic carbocycles. The zero-order chi connectivity index (χ0) is 19.1. The lowest BCUT2D eigenvalue weighted by Crippen LogP contribution is -2.25. The number of fused-ring (bicyclic) bond motifs is 1. The van der Waals surface area contributed by atoms with Crippen LogP contribution in [0, 0.1) is 0 Å². The van der Waals surface area contributed by atoms with Crippen LogP contribution in [0.1, 0.15) is 17.5 Å². The van der Waals surface area contributed by atoms with Gasteiger partial charge in [0.1, 0.15) is 0 Å². The maximum absolute atomic E-state index is 12.2. The summed E-state index contributed by atoms with van der Waals surface area (Å²) in [4.78, 5) is 12.2. The number of carbonyl (C=O) groups is 1. The van der Waals surface area contributed by atoms with Crippen LogP contribution in [-0.4, -0.2) is 26.7 Å². The van der Waals surface area contributed by atoms with E-state index in [4.69, 9.17) is 9.47 Å². The topological polar surface area (TPSA) is 47.6 Å². The van der Waals surface area contributed by atoms with Crippen molar-refractivity contribution in [1.82, 2.24) is 5.32 Å². The number of benzene rings is 3. The summed E-state index contributed by atoms with van der Waals surface area (Å²) >= 11 is 0. The molecule has 1 amide bonds. The van der Waals surface area contributed by atoms with Gasteiger partial charge in [-0.25, -0.2) is 0 Å². The molecule has 0 unspecified atom stereocenters. The van der Waals surface area contributed by atoms with Gasteiger partial charge >= 0.3 is 0 Å². The largest absolute Gasteiger partial charge is 0.493 e. The number of hydrogen-bond acceptors (Lipinski definition) is 3. The van der Waals surface area contributed by atoms with Crippen molar-refractivity contribution in [3.8, 4) is 11.5 Å². The van der Waals surface area contributed by atoms with Crippen LogP contribution in [0.4, 0.5) is 0 Å². The third-order valence-electron chi connectivity index (χ3n) is 4.69. The van der Waals surface area contributed by atoms with Gasteiger partial charge in [0.2, 0.25) is 5.91 Å². The molecule has 4 heteroatoms. The smallest absolute Gasteiger partial charge is 0.220 e. The Labute approximate surface area is 160 Å². The number of methoxy groups -OCH3 is 2. The van der Waals surface area contributed by atoms with E-state index in [1.165, 1.54) is 16.3 Å². The molecule has 0 atom stereocenters. The lowest BCUT2D eigenvalue weighted by Gasteiger charge is -2.10. The van der Waals surface area contributed by atoms with Crippen molar-refractivity contribution in [2.24, 2.45) is 0 Å². The second-order valence-corrected chi connectivity index (χ2v) is 6.43. The molecule has 27 heavy (non-hydrogen) atoms. The Bertz CT molecular complexity index is 915. The molecule has 0 radical (unpaired) electrons. The van der Waals surface area contributed by atoms with Gasteiger partial charge < -0.3 is 14.8 Å². The van der Waals surface area contributed by atoms with Gasteiger partial charge in [0.25, 0.3) is 0 Å². The molecule has 0 aliphatic heterocycles. The summed E-state index contributed by atoms with van der Waals surface area (Å²) in [7, 11) is 3.24. The summed E-state index contributed by atoms with van der Waals surface area (Å²) in [5.74, 6) is 1.49. The first kappa shape index (κ1) is 18.8. The Morgan fingerprint density at radius 2 is 1.67 bits per heavy atom. The molecule has 140 valence electrons. The third kappa shape index (κ3) is 4.79. The highest BCUT2D eigenvalue weighted by atomic mass is 16.5. The van der Waals surface area contributed by atoms with Gasteiger partial charge in [-0.15, -0.1) is 0 Å². The number of ether oxygens (including phenoxy) is 2. The number of rotatable bonds is 8. The van der Waals surface area contributed by atoms with Crippen molar-refractivity contribution < 1.29 is 14.3 Å². The van der Waals surface area contributed by atoms with Gasteiger partial charge in [-0.2, -0.15) is 0 Å². The molecule has 0 saturated heterocycles. The molecule has 1 N–H and O–H groups in total. The van der Waals surface area contributed by atoms with E-state index in [-0.39, 0.29) is 5.91 Å². The van der Waals surface area contributed by atoms with E-state index in [0.29, 0.717) is 24.5 Å². The van der Waals surface area contributed by atoms with E-state index in [2.05, 4.69) is 29.6 Å². The van der Waals surface area contributed by atoms with Gasteiger partial charge in [0.05, 0.1) is 14.2 Å². The minimum atomic E-state index is 0.0726. The molecule has 0 aromatic heterocycles. The summed E-state index contributed by atoms with van der Waals surface area (Å²) in [6, 6.07) is 20.3. The van der Waals surface area contributed by atoms with Crippen LogP contribution in [0.5, 0.6) is 11.5 Å². The molecule has 0 fully saturated rings. The average molecular weight is 363 g/mol. The van der Waals surface area contributed by atoms with Crippen LogP contribution < -0.4 is 14.8 Å². The monoisotopic (exact) mass is 363 g/mol. The van der Waals surface area contributed by atoms with Gasteiger partial charge in [-0.1, -0.05) is 48.5 Å². The fourth-order valence-corrected chi connectivity index (χ4v) is 3.23. The van der Waals surface area contributed by atoms with Crippen LogP contribution in [0.3, 0.4) is 0 Å². The molecular formula is C23H25NO3. The normalized spacial score (nSPS) is 10.6. The fourth-order valence-electron chi connectivity index (χ4n) is 3.23. The van der Waals surface area contributed by atoms with E-state index in [0.717, 1.165) is 18.4 Å². The van der Waals surface area contributed by atoms with Crippen LogP contribution in [0.15, 0.2) is 60.7 Å². The minimum absolute atomic E-state index is 0.0726. The Kier molecular flexibility index (Phi) is 6.31. The van der Waals surface area contributed by atoms with E-state index >= 15 is 0 Å². The van der Waals surface area contributed by atoms with Crippen LogP contribution >= 0.6 is 0 Å². The molecule has 0 aliphatic rings. The lowest BCUT2D eigenvalue weighted by molar-refractivity contribution is -0.121. The van der Waals surface area contributed by atoms with Gasteiger partial charge in [-0.3, -0.25) is 4.79 Å². The molecule has 3 rings (SSSR count). The second kappa shape index (κ2) is 9.08. The molecule has 3 aromatic carbocycles. The summed E-state index contributed by atoms with van der Waals surface area (Å²) in [6.07, 6.45) is 1.98. The number of aryl methyl sites for hydroxylation is 1. The number of amides is 1. The van der Waals surface area contributed by atoms with Gasteiger partial charge in [0, 0.05) is 13.0 Å². The first-order valence-electron chi connectivity index (χ1n) is 9.15. The van der Waals surface area contributed by atoms with Crippen molar-refractivity contribution in [2.75, 3.05) is 20.8 Å². The van der Waals surface area contributed by atoms with Gasteiger partial charge in [-0.05, 0) is 46.9 Å². The number of hydrogen-bond donors (Lipinski definition) is 1. The van der Waals surface area contributed by atoms with Crippen LogP contribution in [0.2, 0.25) is 0 Å². The van der Waals surface area contributed by atoms with Crippen molar-refractivity contribution >= 4 is 16.7 Å². The van der Waals surface area contributed by atoms with E-state index < -0.39 is 0 Å². The fraction of sp³-hybridized carbons (Fsp3) is 0.261. The maximum Gasteiger partial charge on any atom is 0.220 e. The van der Waals surface area contributed by atoms with Crippen molar-refractivity contribution in [2.45, 2.75) is 19.3 Å². The lowest BCUT2D eigenvalue weighted by atomic mass is 10.0. The highest BCUT2D eigenvalue weighted by Gasteiger charge is 2.07. The number of nitrogens with one attached hydrogen (secondary N) is 1. The summed E-state index contributed by atoms with van der Waals surface area (Å²) in [5, 5.41) is 5.44. The second-order valence-electron chi connectivity index (χ2n) is 6.43. The Morgan fingerprint density at radius 3 is 2.48 bits per heavy atom. The van der Waals surface area contributed by atoms with E-state index in [1.54, 1.807) is 14.2 Å². The Hall–Kier alpha value is -3.01. The van der Waals surface area contributed by atoms with Gasteiger partial charge in [0.15, 0.2) is 11.5 Å². The molecule has 0 bridgehead atoms. The van der Waals surface area contributed by atoms with Crippen molar-refractivity contribution in [3.05, 3.63) is 71.8 Å². The molecule has 0 spiro atoms. The highest BCUT2D eigenvalue weighted by Crippen LogP contribution is 2.27. The van der Waals surface area contributed by atoms with Crippen molar-refractivity contribution in [1.29, 1.82) is 0 Å². The average Bonchev–Trinajstić information content (AvgIpc) is 2.72. The first-order chi connectivity index (χ1) is 13.2.